The van der Waals surface area contributed by atoms with Gasteiger partial charge in [-0.15, -0.1) is 23.7 Å². The minimum Gasteiger partial charge on any atom is -0.316 e. The molecule has 0 aliphatic carbocycles. The number of sulfonamides is 1. The van der Waals surface area contributed by atoms with Crippen LogP contribution in [0.1, 0.15) is 19.0 Å². The number of hydrogen-bond acceptors (Lipinski definition) is 5. The molecule has 1 saturated heterocycles. The van der Waals surface area contributed by atoms with E-state index in [-0.39, 0.29) is 24.4 Å². The van der Waals surface area contributed by atoms with E-state index < -0.39 is 10.0 Å². The zero-order valence-corrected chi connectivity index (χ0v) is 16.1. The monoisotopic (exact) mass is 387 g/mol. The van der Waals surface area contributed by atoms with E-state index in [0.29, 0.717) is 4.90 Å². The second-order valence-corrected chi connectivity index (χ2v) is 8.59. The number of benzene rings is 1. The third-order valence-corrected chi connectivity index (χ3v) is 6.60. The van der Waals surface area contributed by atoms with Crippen LogP contribution in [0.2, 0.25) is 0 Å². The number of halogens is 1. The Morgan fingerprint density at radius 2 is 2.17 bits per heavy atom. The summed E-state index contributed by atoms with van der Waals surface area (Å²) in [6, 6.07) is 6.98. The molecule has 2 unspecified atom stereocenters. The van der Waals surface area contributed by atoms with Crippen molar-refractivity contribution in [1.82, 2.24) is 15.0 Å². The molecule has 132 valence electrons. The van der Waals surface area contributed by atoms with Crippen LogP contribution in [0.15, 0.2) is 34.5 Å². The molecule has 1 aromatic heterocycles. The van der Waals surface area contributed by atoms with Crippen molar-refractivity contribution >= 4 is 33.8 Å². The predicted molar refractivity (Wildman–Crippen MR) is 100 cm³/mol. The van der Waals surface area contributed by atoms with E-state index in [1.165, 1.54) is 11.3 Å². The molecule has 5 nitrogen and oxygen atoms in total. The molecule has 1 fully saturated rings. The lowest BCUT2D eigenvalue weighted by atomic mass is 9.97. The van der Waals surface area contributed by atoms with Crippen molar-refractivity contribution in [2.75, 3.05) is 13.1 Å². The number of rotatable bonds is 4. The van der Waals surface area contributed by atoms with E-state index in [2.05, 4.69) is 21.9 Å². The highest BCUT2D eigenvalue weighted by Crippen LogP contribution is 2.26. The summed E-state index contributed by atoms with van der Waals surface area (Å²) in [7, 11) is -3.52. The maximum atomic E-state index is 12.7. The topological polar surface area (TPSA) is 71.1 Å². The summed E-state index contributed by atoms with van der Waals surface area (Å²) in [5, 5.41) is 6.09. The van der Waals surface area contributed by atoms with Crippen LogP contribution >= 0.6 is 23.7 Å². The molecule has 1 aromatic carbocycles. The summed E-state index contributed by atoms with van der Waals surface area (Å²) in [4.78, 5) is 4.73. The Labute approximate surface area is 153 Å². The number of aryl methyl sites for hydroxylation is 1. The smallest absolute Gasteiger partial charge is 0.240 e. The molecule has 0 bridgehead atoms. The Bertz CT molecular complexity index is 792. The van der Waals surface area contributed by atoms with Crippen molar-refractivity contribution in [2.45, 2.75) is 31.2 Å². The summed E-state index contributed by atoms with van der Waals surface area (Å²) >= 11 is 1.52. The van der Waals surface area contributed by atoms with Crippen molar-refractivity contribution in [2.24, 2.45) is 5.92 Å². The first-order chi connectivity index (χ1) is 11.0. The van der Waals surface area contributed by atoms with Crippen LogP contribution in [0, 0.1) is 12.8 Å². The molecule has 8 heteroatoms. The van der Waals surface area contributed by atoms with Gasteiger partial charge in [-0.25, -0.2) is 18.1 Å². The Morgan fingerprint density at radius 1 is 1.38 bits per heavy atom. The van der Waals surface area contributed by atoms with Crippen LogP contribution in [0.3, 0.4) is 0 Å². The van der Waals surface area contributed by atoms with Gasteiger partial charge in [-0.3, -0.25) is 0 Å². The van der Waals surface area contributed by atoms with Gasteiger partial charge in [-0.2, -0.15) is 0 Å². The molecule has 0 saturated carbocycles. The quantitative estimate of drug-likeness (QED) is 0.846. The van der Waals surface area contributed by atoms with Gasteiger partial charge in [-0.1, -0.05) is 19.1 Å². The van der Waals surface area contributed by atoms with Crippen molar-refractivity contribution in [1.29, 1.82) is 0 Å². The molecule has 0 spiro atoms. The van der Waals surface area contributed by atoms with Crippen molar-refractivity contribution < 1.29 is 8.42 Å². The first-order valence-corrected chi connectivity index (χ1v) is 10.1. The summed E-state index contributed by atoms with van der Waals surface area (Å²) in [6.45, 7) is 5.68. The van der Waals surface area contributed by atoms with Gasteiger partial charge in [0.2, 0.25) is 10.0 Å². The molecule has 2 heterocycles. The van der Waals surface area contributed by atoms with Crippen LogP contribution in [0.5, 0.6) is 0 Å². The maximum Gasteiger partial charge on any atom is 0.240 e. The fourth-order valence-electron chi connectivity index (χ4n) is 2.74. The lowest BCUT2D eigenvalue weighted by Crippen LogP contribution is -2.48. The molecule has 0 radical (unpaired) electrons. The van der Waals surface area contributed by atoms with E-state index in [1.54, 1.807) is 18.2 Å². The molecule has 1 aliphatic rings. The first-order valence-electron chi connectivity index (χ1n) is 7.71. The highest BCUT2D eigenvalue weighted by atomic mass is 35.5. The third kappa shape index (κ3) is 4.34. The normalized spacial score (nSPS) is 21.2. The molecular weight excluding hydrogens is 366 g/mol. The van der Waals surface area contributed by atoms with Crippen LogP contribution in [0.25, 0.3) is 10.6 Å². The molecule has 1 aliphatic heterocycles. The average Bonchev–Trinajstić information content (AvgIpc) is 2.96. The van der Waals surface area contributed by atoms with E-state index in [1.807, 2.05) is 18.4 Å². The number of nitrogens with zero attached hydrogens (tertiary/aromatic N) is 1. The number of hydrogen-bond donors (Lipinski definition) is 2. The van der Waals surface area contributed by atoms with Gasteiger partial charge in [0.05, 0.1) is 4.90 Å². The number of aromatic nitrogens is 1. The Balaban J connectivity index is 0.00000208. The van der Waals surface area contributed by atoms with Gasteiger partial charge in [-0.05, 0) is 44.5 Å². The second kappa shape index (κ2) is 7.93. The lowest BCUT2D eigenvalue weighted by molar-refractivity contribution is 0.328. The van der Waals surface area contributed by atoms with Crippen molar-refractivity contribution in [3.05, 3.63) is 35.3 Å². The van der Waals surface area contributed by atoms with E-state index in [0.717, 1.165) is 35.8 Å². The van der Waals surface area contributed by atoms with Gasteiger partial charge >= 0.3 is 0 Å². The van der Waals surface area contributed by atoms with E-state index in [4.69, 9.17) is 0 Å². The average molecular weight is 388 g/mol. The number of nitrogens with one attached hydrogen (secondary N) is 2. The fraction of sp³-hybridized carbons (Fsp3) is 0.438. The zero-order valence-electron chi connectivity index (χ0n) is 13.7. The minimum atomic E-state index is -3.52. The summed E-state index contributed by atoms with van der Waals surface area (Å²) < 4.78 is 28.2. The summed E-state index contributed by atoms with van der Waals surface area (Å²) in [5.74, 6) is 0.281. The molecule has 24 heavy (non-hydrogen) atoms. The second-order valence-electron chi connectivity index (χ2n) is 6.02. The fourth-order valence-corrected chi connectivity index (χ4v) is 4.96. The maximum absolute atomic E-state index is 12.7. The first kappa shape index (κ1) is 19.3. The molecular formula is C16H22ClN3O2S2. The molecule has 2 aromatic rings. The summed E-state index contributed by atoms with van der Waals surface area (Å²) in [6.07, 6.45) is 0.811. The van der Waals surface area contributed by atoms with Crippen LogP contribution < -0.4 is 10.0 Å². The van der Waals surface area contributed by atoms with Crippen LogP contribution in [0.4, 0.5) is 0 Å². The molecule has 2 atom stereocenters. The van der Waals surface area contributed by atoms with E-state index >= 15 is 0 Å². The van der Waals surface area contributed by atoms with Gasteiger partial charge in [0.1, 0.15) is 5.01 Å². The van der Waals surface area contributed by atoms with E-state index in [9.17, 15) is 8.42 Å². The van der Waals surface area contributed by atoms with Gasteiger partial charge in [0, 0.05) is 22.7 Å². The Morgan fingerprint density at radius 3 is 2.83 bits per heavy atom. The Kier molecular flexibility index (Phi) is 6.39. The SMILES string of the molecule is Cc1csc(-c2cccc(S(=O)(=O)NC3CCNCC3C)c2)n1.Cl. The predicted octanol–water partition coefficient (Wildman–Crippen LogP) is 2.82. The minimum absolute atomic E-state index is 0. The van der Waals surface area contributed by atoms with Gasteiger partial charge in [0.25, 0.3) is 0 Å². The van der Waals surface area contributed by atoms with Crippen LogP contribution in [-0.4, -0.2) is 32.5 Å². The zero-order chi connectivity index (χ0) is 16.4. The summed E-state index contributed by atoms with van der Waals surface area (Å²) in [5.41, 5.74) is 1.78. The van der Waals surface area contributed by atoms with Gasteiger partial charge in [0.15, 0.2) is 0 Å². The van der Waals surface area contributed by atoms with Crippen molar-refractivity contribution in [3.8, 4) is 10.6 Å². The lowest BCUT2D eigenvalue weighted by Gasteiger charge is -2.30. The standard InChI is InChI=1S/C16H21N3O2S2.ClH/c1-11-9-17-7-6-15(11)19-23(20,21)14-5-3-4-13(8-14)16-18-12(2)10-22-16;/h3-5,8,10-11,15,17,19H,6-7,9H2,1-2H3;1H. The largest absolute Gasteiger partial charge is 0.316 e. The molecule has 2 N–H and O–H groups in total. The number of piperidine rings is 1. The third-order valence-electron chi connectivity index (χ3n) is 4.10. The van der Waals surface area contributed by atoms with Crippen LogP contribution in [-0.2, 0) is 10.0 Å². The van der Waals surface area contributed by atoms with Gasteiger partial charge < -0.3 is 5.32 Å². The Hall–Kier alpha value is -0.990. The highest BCUT2D eigenvalue weighted by molar-refractivity contribution is 7.89. The molecule has 3 rings (SSSR count). The highest BCUT2D eigenvalue weighted by Gasteiger charge is 2.26. The number of thiazole rings is 1. The molecule has 0 amide bonds. The van der Waals surface area contributed by atoms with Crippen molar-refractivity contribution in [3.63, 3.8) is 0 Å².